The molecule has 0 aromatic heterocycles. The summed E-state index contributed by atoms with van der Waals surface area (Å²) in [5.41, 5.74) is 0.516. The Bertz CT molecular complexity index is 192. The van der Waals surface area contributed by atoms with Crippen LogP contribution in [0.15, 0.2) is 0 Å². The van der Waals surface area contributed by atoms with Crippen LogP contribution in [-0.2, 0) is 0 Å². The van der Waals surface area contributed by atoms with Crippen molar-refractivity contribution >= 4 is 0 Å². The molecule has 0 saturated heterocycles. The van der Waals surface area contributed by atoms with Gasteiger partial charge in [0.1, 0.15) is 0 Å². The highest BCUT2D eigenvalue weighted by Crippen LogP contribution is 2.45. The SMILES string of the molecule is CCC(C)CCC(C(C)C)C(C)(CC)C(C)C. The maximum Gasteiger partial charge on any atom is -0.0275 e. The average Bonchev–Trinajstić information content (AvgIpc) is 2.27. The van der Waals surface area contributed by atoms with Crippen LogP contribution in [0.4, 0.5) is 0 Å². The Morgan fingerprint density at radius 3 is 1.71 bits per heavy atom. The monoisotopic (exact) mass is 240 g/mol. The molecule has 0 spiro atoms. The molecule has 0 aliphatic rings. The Labute approximate surface area is 111 Å². The fourth-order valence-corrected chi connectivity index (χ4v) is 3.19. The van der Waals surface area contributed by atoms with Crippen molar-refractivity contribution in [1.29, 1.82) is 0 Å². The molecule has 3 unspecified atom stereocenters. The van der Waals surface area contributed by atoms with Crippen LogP contribution < -0.4 is 0 Å². The van der Waals surface area contributed by atoms with Gasteiger partial charge in [-0.15, -0.1) is 0 Å². The van der Waals surface area contributed by atoms with Crippen molar-refractivity contribution in [2.24, 2.45) is 29.1 Å². The third-order valence-corrected chi connectivity index (χ3v) is 5.40. The molecule has 0 radical (unpaired) electrons. The molecule has 0 aromatic rings. The van der Waals surface area contributed by atoms with Crippen LogP contribution in [0.5, 0.6) is 0 Å². The van der Waals surface area contributed by atoms with Gasteiger partial charge in [0.05, 0.1) is 0 Å². The van der Waals surface area contributed by atoms with E-state index in [9.17, 15) is 0 Å². The number of hydrogen-bond acceptors (Lipinski definition) is 0. The smallest absolute Gasteiger partial charge is 0.0275 e. The summed E-state index contributed by atoms with van der Waals surface area (Å²) in [6, 6.07) is 0. The molecule has 0 aromatic carbocycles. The van der Waals surface area contributed by atoms with E-state index in [1.54, 1.807) is 0 Å². The average molecular weight is 240 g/mol. The molecule has 0 aliphatic heterocycles. The molecule has 3 atom stereocenters. The number of rotatable bonds is 8. The van der Waals surface area contributed by atoms with E-state index in [4.69, 9.17) is 0 Å². The van der Waals surface area contributed by atoms with Crippen LogP contribution in [0.1, 0.15) is 81.1 Å². The summed E-state index contributed by atoms with van der Waals surface area (Å²) >= 11 is 0. The predicted molar refractivity (Wildman–Crippen MR) is 80.3 cm³/mol. The van der Waals surface area contributed by atoms with Gasteiger partial charge in [-0.1, -0.05) is 74.7 Å². The van der Waals surface area contributed by atoms with Crippen LogP contribution in [0.2, 0.25) is 0 Å². The topological polar surface area (TPSA) is 0 Å². The van der Waals surface area contributed by atoms with Gasteiger partial charge < -0.3 is 0 Å². The highest BCUT2D eigenvalue weighted by Gasteiger charge is 2.36. The van der Waals surface area contributed by atoms with Crippen molar-refractivity contribution in [3.8, 4) is 0 Å². The van der Waals surface area contributed by atoms with Crippen molar-refractivity contribution in [1.82, 2.24) is 0 Å². The molecule has 104 valence electrons. The lowest BCUT2D eigenvalue weighted by Gasteiger charge is -2.43. The summed E-state index contributed by atoms with van der Waals surface area (Å²) in [6.07, 6.45) is 5.46. The summed E-state index contributed by atoms with van der Waals surface area (Å²) in [4.78, 5) is 0. The minimum Gasteiger partial charge on any atom is -0.0651 e. The van der Waals surface area contributed by atoms with Crippen LogP contribution in [0.25, 0.3) is 0 Å². The Morgan fingerprint density at radius 1 is 0.882 bits per heavy atom. The highest BCUT2D eigenvalue weighted by atomic mass is 14.4. The van der Waals surface area contributed by atoms with Gasteiger partial charge in [0.2, 0.25) is 0 Å². The zero-order valence-electron chi connectivity index (χ0n) is 13.6. The molecular weight excluding hydrogens is 204 g/mol. The molecule has 0 amide bonds. The molecule has 0 aliphatic carbocycles. The number of hydrogen-bond donors (Lipinski definition) is 0. The molecular formula is C17H36. The van der Waals surface area contributed by atoms with Crippen molar-refractivity contribution in [2.45, 2.75) is 81.1 Å². The standard InChI is InChI=1S/C17H36/c1-9-15(7)11-12-16(13(3)4)17(8,10-2)14(5)6/h13-16H,9-12H2,1-8H3. The first kappa shape index (κ1) is 17.0. The minimum absolute atomic E-state index is 0.516. The summed E-state index contributed by atoms with van der Waals surface area (Å²) < 4.78 is 0. The fourth-order valence-electron chi connectivity index (χ4n) is 3.19. The minimum atomic E-state index is 0.516. The van der Waals surface area contributed by atoms with Crippen molar-refractivity contribution < 1.29 is 0 Å². The first-order chi connectivity index (χ1) is 7.79. The van der Waals surface area contributed by atoms with Gasteiger partial charge in [-0.3, -0.25) is 0 Å². The largest absolute Gasteiger partial charge is 0.0651 e. The second-order valence-corrected chi connectivity index (χ2v) is 6.96. The predicted octanol–water partition coefficient (Wildman–Crippen LogP) is 6.16. The van der Waals surface area contributed by atoms with E-state index >= 15 is 0 Å². The van der Waals surface area contributed by atoms with Gasteiger partial charge in [-0.05, 0) is 35.5 Å². The summed E-state index contributed by atoms with van der Waals surface area (Å²) in [6.45, 7) is 19.2. The molecule has 0 N–H and O–H groups in total. The molecule has 0 fully saturated rings. The lowest BCUT2D eigenvalue weighted by atomic mass is 9.62. The molecule has 0 nitrogen and oxygen atoms in total. The van der Waals surface area contributed by atoms with E-state index in [2.05, 4.69) is 55.4 Å². The van der Waals surface area contributed by atoms with Gasteiger partial charge in [0.15, 0.2) is 0 Å². The van der Waals surface area contributed by atoms with E-state index < -0.39 is 0 Å². The third-order valence-electron chi connectivity index (χ3n) is 5.40. The Morgan fingerprint density at radius 2 is 1.41 bits per heavy atom. The van der Waals surface area contributed by atoms with Gasteiger partial charge in [-0.25, -0.2) is 0 Å². The van der Waals surface area contributed by atoms with Crippen molar-refractivity contribution in [2.75, 3.05) is 0 Å². The Balaban J connectivity index is 4.71. The van der Waals surface area contributed by atoms with Crippen LogP contribution >= 0.6 is 0 Å². The zero-order chi connectivity index (χ0) is 13.6. The van der Waals surface area contributed by atoms with E-state index in [1.807, 2.05) is 0 Å². The first-order valence-electron chi connectivity index (χ1n) is 7.79. The van der Waals surface area contributed by atoms with Crippen molar-refractivity contribution in [3.63, 3.8) is 0 Å². The van der Waals surface area contributed by atoms with Crippen LogP contribution in [0.3, 0.4) is 0 Å². The third kappa shape index (κ3) is 4.64. The maximum absolute atomic E-state index is 2.51. The zero-order valence-corrected chi connectivity index (χ0v) is 13.6. The summed E-state index contributed by atoms with van der Waals surface area (Å²) in [5, 5.41) is 0. The molecule has 0 rings (SSSR count). The van der Waals surface area contributed by atoms with E-state index in [1.165, 1.54) is 25.7 Å². The Hall–Kier alpha value is 0. The normalized spacial score (nSPS) is 19.4. The van der Waals surface area contributed by atoms with E-state index in [-0.39, 0.29) is 0 Å². The molecule has 0 bridgehead atoms. The Kier molecular flexibility index (Phi) is 7.44. The molecule has 0 saturated carbocycles. The molecule has 17 heavy (non-hydrogen) atoms. The highest BCUT2D eigenvalue weighted by molar-refractivity contribution is 4.86. The lowest BCUT2D eigenvalue weighted by molar-refractivity contribution is 0.0593. The fraction of sp³-hybridized carbons (Fsp3) is 1.00. The second-order valence-electron chi connectivity index (χ2n) is 6.96. The summed E-state index contributed by atoms with van der Waals surface area (Å²) in [5.74, 6) is 3.37. The molecule has 0 heterocycles. The van der Waals surface area contributed by atoms with Crippen LogP contribution in [0, 0.1) is 29.1 Å². The summed E-state index contributed by atoms with van der Waals surface area (Å²) in [7, 11) is 0. The van der Waals surface area contributed by atoms with Gasteiger partial charge >= 0.3 is 0 Å². The maximum atomic E-state index is 2.51. The quantitative estimate of drug-likeness (QED) is 0.477. The van der Waals surface area contributed by atoms with Gasteiger partial charge in [0.25, 0.3) is 0 Å². The van der Waals surface area contributed by atoms with E-state index in [0.29, 0.717) is 5.41 Å². The van der Waals surface area contributed by atoms with Crippen LogP contribution in [-0.4, -0.2) is 0 Å². The van der Waals surface area contributed by atoms with Gasteiger partial charge in [0, 0.05) is 0 Å². The van der Waals surface area contributed by atoms with Gasteiger partial charge in [-0.2, -0.15) is 0 Å². The van der Waals surface area contributed by atoms with E-state index in [0.717, 1.165) is 23.7 Å². The van der Waals surface area contributed by atoms with Crippen molar-refractivity contribution in [3.05, 3.63) is 0 Å². The second kappa shape index (κ2) is 7.44. The lowest BCUT2D eigenvalue weighted by Crippen LogP contribution is -2.35. The molecule has 0 heteroatoms. The first-order valence-corrected chi connectivity index (χ1v) is 7.79.